The number of anilines is 1. The van der Waals surface area contributed by atoms with E-state index in [9.17, 15) is 14.7 Å². The number of carbonyl (C=O) groups excluding carboxylic acids is 1. The lowest BCUT2D eigenvalue weighted by Gasteiger charge is -2.10. The number of methoxy groups -OCH3 is 1. The standard InChI is InChI=1S/C23H23NO5/c1-3-4-5-8-15-29-21-16-17(11-13-20(21)28-2)12-14-22(25)24-19-10-7-6-9-18(19)23(26)27/h6-7,9-14,16H,3,8,15H2,1-2H3,(H,24,25)(H,26,27)/b14-12+. The molecule has 0 saturated heterocycles. The number of aromatic carboxylic acids is 1. The van der Waals surface area contributed by atoms with Gasteiger partial charge in [-0.25, -0.2) is 4.79 Å². The van der Waals surface area contributed by atoms with Crippen LogP contribution in [0.3, 0.4) is 0 Å². The highest BCUT2D eigenvalue weighted by atomic mass is 16.5. The van der Waals surface area contributed by atoms with Gasteiger partial charge in [0.15, 0.2) is 11.5 Å². The number of rotatable bonds is 8. The number of carboxylic acid groups (broad SMARTS) is 1. The van der Waals surface area contributed by atoms with Crippen molar-refractivity contribution in [1.82, 2.24) is 0 Å². The van der Waals surface area contributed by atoms with E-state index in [-0.39, 0.29) is 11.3 Å². The molecule has 0 bridgehead atoms. The maximum atomic E-state index is 12.2. The van der Waals surface area contributed by atoms with Gasteiger partial charge >= 0.3 is 5.97 Å². The molecule has 0 radical (unpaired) electrons. The summed E-state index contributed by atoms with van der Waals surface area (Å²) in [6, 6.07) is 11.5. The van der Waals surface area contributed by atoms with Gasteiger partial charge in [0.1, 0.15) is 0 Å². The van der Waals surface area contributed by atoms with Crippen molar-refractivity contribution < 1.29 is 24.2 Å². The molecule has 0 heterocycles. The van der Waals surface area contributed by atoms with E-state index in [4.69, 9.17) is 9.47 Å². The number of amides is 1. The normalized spacial score (nSPS) is 10.1. The zero-order valence-corrected chi connectivity index (χ0v) is 16.4. The van der Waals surface area contributed by atoms with Crippen molar-refractivity contribution in [3.8, 4) is 23.3 Å². The van der Waals surface area contributed by atoms with Gasteiger partial charge in [-0.3, -0.25) is 4.79 Å². The van der Waals surface area contributed by atoms with Gasteiger partial charge in [-0.05, 0) is 35.9 Å². The minimum absolute atomic E-state index is 0.0283. The molecule has 0 saturated carbocycles. The molecule has 0 unspecified atom stereocenters. The number of carboxylic acids is 1. The van der Waals surface area contributed by atoms with Crippen LogP contribution in [0.15, 0.2) is 48.5 Å². The third-order valence-electron chi connectivity index (χ3n) is 3.82. The van der Waals surface area contributed by atoms with E-state index in [0.29, 0.717) is 24.5 Å². The molecule has 0 spiro atoms. The fraction of sp³-hybridized carbons (Fsp3) is 0.217. The van der Waals surface area contributed by atoms with E-state index in [1.165, 1.54) is 18.2 Å². The highest BCUT2D eigenvalue weighted by Gasteiger charge is 2.10. The molecule has 6 nitrogen and oxygen atoms in total. The Morgan fingerprint density at radius 1 is 1.14 bits per heavy atom. The monoisotopic (exact) mass is 393 g/mol. The van der Waals surface area contributed by atoms with Crippen molar-refractivity contribution >= 4 is 23.6 Å². The summed E-state index contributed by atoms with van der Waals surface area (Å²) in [6.45, 7) is 2.42. The molecule has 2 N–H and O–H groups in total. The Morgan fingerprint density at radius 3 is 2.66 bits per heavy atom. The molecule has 150 valence electrons. The van der Waals surface area contributed by atoms with Crippen molar-refractivity contribution in [3.05, 3.63) is 59.7 Å². The molecule has 2 aromatic carbocycles. The molecule has 0 aliphatic heterocycles. The number of carbonyl (C=O) groups is 2. The number of hydrogen-bond acceptors (Lipinski definition) is 4. The highest BCUT2D eigenvalue weighted by molar-refractivity contribution is 6.06. The summed E-state index contributed by atoms with van der Waals surface area (Å²) in [6.07, 6.45) is 4.36. The summed E-state index contributed by atoms with van der Waals surface area (Å²) < 4.78 is 11.0. The Bertz CT molecular complexity index is 953. The van der Waals surface area contributed by atoms with Crippen LogP contribution in [0.4, 0.5) is 5.69 Å². The van der Waals surface area contributed by atoms with E-state index in [1.807, 2.05) is 6.92 Å². The zero-order valence-electron chi connectivity index (χ0n) is 16.4. The van der Waals surface area contributed by atoms with Gasteiger partial charge in [0.25, 0.3) is 0 Å². The van der Waals surface area contributed by atoms with Crippen LogP contribution in [0.2, 0.25) is 0 Å². The lowest BCUT2D eigenvalue weighted by atomic mass is 10.1. The molecule has 1 amide bonds. The molecule has 29 heavy (non-hydrogen) atoms. The maximum Gasteiger partial charge on any atom is 0.337 e. The predicted molar refractivity (Wildman–Crippen MR) is 112 cm³/mol. The summed E-state index contributed by atoms with van der Waals surface area (Å²) in [5.41, 5.74) is 1.00. The molecule has 0 fully saturated rings. The quantitative estimate of drug-likeness (QED) is 0.398. The van der Waals surface area contributed by atoms with Gasteiger partial charge in [-0.2, -0.15) is 0 Å². The third kappa shape index (κ3) is 6.74. The topological polar surface area (TPSA) is 84.9 Å². The second-order valence-corrected chi connectivity index (χ2v) is 5.89. The van der Waals surface area contributed by atoms with E-state index in [2.05, 4.69) is 17.2 Å². The molecule has 2 rings (SSSR count). The maximum absolute atomic E-state index is 12.2. The average Bonchev–Trinajstić information content (AvgIpc) is 2.72. The lowest BCUT2D eigenvalue weighted by molar-refractivity contribution is -0.111. The van der Waals surface area contributed by atoms with Crippen molar-refractivity contribution in [2.75, 3.05) is 19.0 Å². The molecule has 0 aliphatic carbocycles. The van der Waals surface area contributed by atoms with Gasteiger partial charge in [0.05, 0.1) is 25.0 Å². The smallest absolute Gasteiger partial charge is 0.337 e. The summed E-state index contributed by atoms with van der Waals surface area (Å²) in [7, 11) is 1.56. The third-order valence-corrected chi connectivity index (χ3v) is 3.82. The summed E-state index contributed by atoms with van der Waals surface area (Å²) >= 11 is 0. The van der Waals surface area contributed by atoms with Gasteiger partial charge in [0.2, 0.25) is 5.91 Å². The fourth-order valence-corrected chi connectivity index (χ4v) is 2.46. The Kier molecular flexibility index (Phi) is 8.33. The van der Waals surface area contributed by atoms with Crippen molar-refractivity contribution in [2.24, 2.45) is 0 Å². The van der Waals surface area contributed by atoms with E-state index in [1.54, 1.807) is 43.5 Å². The lowest BCUT2D eigenvalue weighted by Crippen LogP contribution is -2.11. The van der Waals surface area contributed by atoms with Crippen LogP contribution in [0.1, 0.15) is 35.7 Å². The number of ether oxygens (including phenoxy) is 2. The van der Waals surface area contributed by atoms with Crippen LogP contribution in [-0.2, 0) is 4.79 Å². The molecule has 2 aromatic rings. The molecule has 0 atom stereocenters. The van der Waals surface area contributed by atoms with Crippen LogP contribution >= 0.6 is 0 Å². The van der Waals surface area contributed by atoms with E-state index in [0.717, 1.165) is 12.0 Å². The van der Waals surface area contributed by atoms with E-state index < -0.39 is 11.9 Å². The van der Waals surface area contributed by atoms with Crippen LogP contribution in [0, 0.1) is 11.8 Å². The molecule has 0 aliphatic rings. The van der Waals surface area contributed by atoms with Crippen LogP contribution in [0.25, 0.3) is 6.08 Å². The summed E-state index contributed by atoms with van der Waals surface area (Å²) in [5.74, 6) is 5.60. The SMILES string of the molecule is CCC#CCCOc1cc(/C=C/C(=O)Nc2ccccc2C(=O)O)ccc1OC. The minimum atomic E-state index is -1.11. The second-order valence-electron chi connectivity index (χ2n) is 5.89. The van der Waals surface area contributed by atoms with Gasteiger partial charge in [0, 0.05) is 18.9 Å². The van der Waals surface area contributed by atoms with Gasteiger partial charge in [-0.15, -0.1) is 5.92 Å². The molecular formula is C23H23NO5. The van der Waals surface area contributed by atoms with Crippen molar-refractivity contribution in [1.29, 1.82) is 0 Å². The number of benzene rings is 2. The summed E-state index contributed by atoms with van der Waals surface area (Å²) in [5, 5.41) is 11.8. The molecule has 0 aromatic heterocycles. The Balaban J connectivity index is 2.06. The van der Waals surface area contributed by atoms with Crippen molar-refractivity contribution in [2.45, 2.75) is 19.8 Å². The minimum Gasteiger partial charge on any atom is -0.493 e. The fourth-order valence-electron chi connectivity index (χ4n) is 2.46. The van der Waals surface area contributed by atoms with Crippen LogP contribution in [0.5, 0.6) is 11.5 Å². The first-order chi connectivity index (χ1) is 14.0. The van der Waals surface area contributed by atoms with Gasteiger partial charge in [-0.1, -0.05) is 31.0 Å². The predicted octanol–water partition coefficient (Wildman–Crippen LogP) is 4.23. The second kappa shape index (κ2) is 11.2. The number of hydrogen-bond donors (Lipinski definition) is 2. The Hall–Kier alpha value is -3.72. The number of para-hydroxylation sites is 1. The first-order valence-electron chi connectivity index (χ1n) is 9.13. The van der Waals surface area contributed by atoms with Crippen molar-refractivity contribution in [3.63, 3.8) is 0 Å². The highest BCUT2D eigenvalue weighted by Crippen LogP contribution is 2.28. The van der Waals surface area contributed by atoms with Crippen LogP contribution in [-0.4, -0.2) is 30.7 Å². The van der Waals surface area contributed by atoms with Crippen LogP contribution < -0.4 is 14.8 Å². The first-order valence-corrected chi connectivity index (χ1v) is 9.13. The first kappa shape index (κ1) is 21.6. The average molecular weight is 393 g/mol. The zero-order chi connectivity index (χ0) is 21.1. The van der Waals surface area contributed by atoms with E-state index >= 15 is 0 Å². The Labute approximate surface area is 170 Å². The molecular weight excluding hydrogens is 370 g/mol. The summed E-state index contributed by atoms with van der Waals surface area (Å²) in [4.78, 5) is 23.4. The largest absolute Gasteiger partial charge is 0.493 e. The Morgan fingerprint density at radius 2 is 1.93 bits per heavy atom. The number of nitrogens with one attached hydrogen (secondary N) is 1. The van der Waals surface area contributed by atoms with Gasteiger partial charge < -0.3 is 19.9 Å². The molecule has 6 heteroatoms.